The van der Waals surface area contributed by atoms with Gasteiger partial charge < -0.3 is 15.2 Å². The Bertz CT molecular complexity index is 567. The van der Waals surface area contributed by atoms with E-state index >= 15 is 0 Å². The number of hydrogen-bond donors (Lipinski definition) is 2. The van der Waals surface area contributed by atoms with Gasteiger partial charge in [-0.15, -0.1) is 0 Å². The minimum absolute atomic E-state index is 0.794. The maximum absolute atomic E-state index is 4.58. The van der Waals surface area contributed by atoms with Gasteiger partial charge in [0.2, 0.25) is 0 Å². The van der Waals surface area contributed by atoms with E-state index in [0.717, 1.165) is 36.9 Å². The van der Waals surface area contributed by atoms with E-state index in [2.05, 4.69) is 45.4 Å². The predicted octanol–water partition coefficient (Wildman–Crippen LogP) is 2.29. The first-order valence-electron chi connectivity index (χ1n) is 7.12. The summed E-state index contributed by atoms with van der Waals surface area (Å²) in [4.78, 5) is 4.58. The molecular weight excluding hydrogens is 236 g/mol. The van der Waals surface area contributed by atoms with E-state index in [1.54, 1.807) is 0 Å². The summed E-state index contributed by atoms with van der Waals surface area (Å²) in [5, 5.41) is 6.96. The third-order valence-electron chi connectivity index (χ3n) is 4.16. The first-order valence-corrected chi connectivity index (χ1v) is 7.12. The van der Waals surface area contributed by atoms with E-state index in [4.69, 9.17) is 0 Å². The van der Waals surface area contributed by atoms with Gasteiger partial charge in [0.1, 0.15) is 5.82 Å². The van der Waals surface area contributed by atoms with Crippen LogP contribution in [-0.2, 0) is 7.05 Å². The third kappa shape index (κ3) is 2.59. The smallest absolute Gasteiger partial charge is 0.106 e. The van der Waals surface area contributed by atoms with Crippen molar-refractivity contribution in [2.75, 3.05) is 25.0 Å². The Hall–Kier alpha value is -1.55. The van der Waals surface area contributed by atoms with Gasteiger partial charge in [-0.05, 0) is 57.0 Å². The zero-order valence-electron chi connectivity index (χ0n) is 11.7. The molecule has 1 saturated heterocycles. The number of imidazole rings is 1. The Kier molecular flexibility index (Phi) is 3.42. The Morgan fingerprint density at radius 1 is 1.37 bits per heavy atom. The second-order valence-corrected chi connectivity index (χ2v) is 5.50. The topological polar surface area (TPSA) is 41.9 Å². The lowest BCUT2D eigenvalue weighted by atomic mass is 9.98. The average molecular weight is 258 g/mol. The molecule has 1 aliphatic heterocycles. The van der Waals surface area contributed by atoms with Crippen LogP contribution in [0.3, 0.4) is 0 Å². The van der Waals surface area contributed by atoms with Crippen LogP contribution in [0.5, 0.6) is 0 Å². The molecule has 3 rings (SSSR count). The maximum atomic E-state index is 4.58. The van der Waals surface area contributed by atoms with Crippen LogP contribution in [0, 0.1) is 12.8 Å². The molecule has 4 nitrogen and oxygen atoms in total. The molecule has 1 aromatic heterocycles. The number of hydrogen-bond acceptors (Lipinski definition) is 3. The lowest BCUT2D eigenvalue weighted by Gasteiger charge is -2.23. The van der Waals surface area contributed by atoms with Crippen molar-refractivity contribution in [2.24, 2.45) is 13.0 Å². The Balaban J connectivity index is 1.70. The van der Waals surface area contributed by atoms with Crippen molar-refractivity contribution in [2.45, 2.75) is 19.8 Å². The van der Waals surface area contributed by atoms with Crippen molar-refractivity contribution < 1.29 is 0 Å². The van der Waals surface area contributed by atoms with Gasteiger partial charge in [0, 0.05) is 19.3 Å². The van der Waals surface area contributed by atoms with Crippen LogP contribution >= 0.6 is 0 Å². The molecule has 4 heteroatoms. The predicted molar refractivity (Wildman–Crippen MR) is 79.5 cm³/mol. The molecule has 0 amide bonds. The summed E-state index contributed by atoms with van der Waals surface area (Å²) < 4.78 is 2.13. The lowest BCUT2D eigenvalue weighted by Crippen LogP contribution is -2.31. The molecule has 0 aliphatic carbocycles. The normalized spacial score (nSPS) is 16.9. The fourth-order valence-corrected chi connectivity index (χ4v) is 2.78. The maximum Gasteiger partial charge on any atom is 0.106 e. The summed E-state index contributed by atoms with van der Waals surface area (Å²) in [6.07, 6.45) is 2.55. The van der Waals surface area contributed by atoms with Gasteiger partial charge in [-0.1, -0.05) is 0 Å². The standard InChI is InChI=1S/C15H22N4/c1-11-18-14-9-13(3-4-15(14)19(11)2)17-10-12-5-7-16-8-6-12/h3-4,9,12,16-17H,5-8,10H2,1-2H3. The van der Waals surface area contributed by atoms with Gasteiger partial charge in [0.25, 0.3) is 0 Å². The van der Waals surface area contributed by atoms with E-state index in [9.17, 15) is 0 Å². The molecule has 19 heavy (non-hydrogen) atoms. The van der Waals surface area contributed by atoms with Gasteiger partial charge in [0.05, 0.1) is 11.0 Å². The summed E-state index contributed by atoms with van der Waals surface area (Å²) in [7, 11) is 2.06. The summed E-state index contributed by atoms with van der Waals surface area (Å²) in [6, 6.07) is 6.47. The first-order chi connectivity index (χ1) is 9.24. The molecule has 0 atom stereocenters. The van der Waals surface area contributed by atoms with Gasteiger partial charge in [-0.25, -0.2) is 4.98 Å². The number of fused-ring (bicyclic) bond motifs is 1. The molecule has 1 aromatic carbocycles. The molecule has 2 heterocycles. The van der Waals surface area contributed by atoms with Gasteiger partial charge in [0.15, 0.2) is 0 Å². The summed E-state index contributed by atoms with van der Waals surface area (Å²) in [5.74, 6) is 1.85. The lowest BCUT2D eigenvalue weighted by molar-refractivity contribution is 0.390. The number of benzene rings is 1. The number of rotatable bonds is 3. The molecule has 0 unspecified atom stereocenters. The van der Waals surface area contributed by atoms with Crippen LogP contribution in [0.4, 0.5) is 5.69 Å². The molecular formula is C15H22N4. The molecule has 2 N–H and O–H groups in total. The van der Waals surface area contributed by atoms with Crippen molar-refractivity contribution in [1.29, 1.82) is 0 Å². The minimum Gasteiger partial charge on any atom is -0.385 e. The quantitative estimate of drug-likeness (QED) is 0.887. The molecule has 2 aromatic rings. The highest BCUT2D eigenvalue weighted by Gasteiger charge is 2.12. The van der Waals surface area contributed by atoms with Crippen molar-refractivity contribution in [3.8, 4) is 0 Å². The molecule has 102 valence electrons. The number of nitrogens with zero attached hydrogens (tertiary/aromatic N) is 2. The third-order valence-corrected chi connectivity index (χ3v) is 4.16. The van der Waals surface area contributed by atoms with E-state index < -0.39 is 0 Å². The van der Waals surface area contributed by atoms with E-state index in [1.807, 2.05) is 6.92 Å². The Morgan fingerprint density at radius 2 is 2.16 bits per heavy atom. The molecule has 0 radical (unpaired) electrons. The van der Waals surface area contributed by atoms with Crippen LogP contribution in [-0.4, -0.2) is 29.2 Å². The van der Waals surface area contributed by atoms with Gasteiger partial charge in [-0.3, -0.25) is 0 Å². The zero-order chi connectivity index (χ0) is 13.2. The summed E-state index contributed by atoms with van der Waals surface area (Å²) in [6.45, 7) is 5.43. The Morgan fingerprint density at radius 3 is 2.95 bits per heavy atom. The number of anilines is 1. The summed E-state index contributed by atoms with van der Waals surface area (Å²) >= 11 is 0. The minimum atomic E-state index is 0.794. The second kappa shape index (κ2) is 5.21. The van der Waals surface area contributed by atoms with Crippen molar-refractivity contribution in [1.82, 2.24) is 14.9 Å². The van der Waals surface area contributed by atoms with Crippen LogP contribution in [0.25, 0.3) is 11.0 Å². The van der Waals surface area contributed by atoms with Crippen molar-refractivity contribution in [3.05, 3.63) is 24.0 Å². The number of aromatic nitrogens is 2. The number of nitrogens with one attached hydrogen (secondary N) is 2. The molecule has 1 fully saturated rings. The fraction of sp³-hybridized carbons (Fsp3) is 0.533. The van der Waals surface area contributed by atoms with E-state index in [-0.39, 0.29) is 0 Å². The monoisotopic (exact) mass is 258 g/mol. The Labute approximate surface area is 114 Å². The molecule has 0 spiro atoms. The van der Waals surface area contributed by atoms with Crippen LogP contribution in [0.1, 0.15) is 18.7 Å². The molecule has 1 aliphatic rings. The van der Waals surface area contributed by atoms with E-state index in [1.165, 1.54) is 24.0 Å². The van der Waals surface area contributed by atoms with Crippen molar-refractivity contribution >= 4 is 16.7 Å². The SMILES string of the molecule is Cc1nc2cc(NCC3CCNCC3)ccc2n1C. The highest BCUT2D eigenvalue weighted by atomic mass is 15.1. The fourth-order valence-electron chi connectivity index (χ4n) is 2.78. The second-order valence-electron chi connectivity index (χ2n) is 5.50. The molecule has 0 bridgehead atoms. The van der Waals surface area contributed by atoms with Crippen LogP contribution in [0.2, 0.25) is 0 Å². The van der Waals surface area contributed by atoms with Crippen LogP contribution < -0.4 is 10.6 Å². The first kappa shape index (κ1) is 12.5. The van der Waals surface area contributed by atoms with E-state index in [0.29, 0.717) is 0 Å². The molecule has 0 saturated carbocycles. The van der Waals surface area contributed by atoms with Gasteiger partial charge in [-0.2, -0.15) is 0 Å². The van der Waals surface area contributed by atoms with Crippen LogP contribution in [0.15, 0.2) is 18.2 Å². The largest absolute Gasteiger partial charge is 0.385 e. The van der Waals surface area contributed by atoms with Crippen molar-refractivity contribution in [3.63, 3.8) is 0 Å². The number of piperidine rings is 1. The average Bonchev–Trinajstić information content (AvgIpc) is 2.73. The zero-order valence-corrected chi connectivity index (χ0v) is 11.7. The highest BCUT2D eigenvalue weighted by Crippen LogP contribution is 2.20. The highest BCUT2D eigenvalue weighted by molar-refractivity contribution is 5.80. The van der Waals surface area contributed by atoms with Gasteiger partial charge >= 0.3 is 0 Å². The summed E-state index contributed by atoms with van der Waals surface area (Å²) in [5.41, 5.74) is 3.46. The number of aryl methyl sites for hydroxylation is 2.